The number of piperidine rings is 1. The van der Waals surface area contributed by atoms with Gasteiger partial charge in [-0.2, -0.15) is 0 Å². The number of likely N-dealkylation sites (tertiary alicyclic amines) is 1. The van der Waals surface area contributed by atoms with Gasteiger partial charge in [-0.15, -0.1) is 11.3 Å². The second-order valence-electron chi connectivity index (χ2n) is 8.23. The molecule has 1 amide bonds. The number of fused-ring (bicyclic) bond motifs is 1. The van der Waals surface area contributed by atoms with E-state index < -0.39 is 0 Å². The summed E-state index contributed by atoms with van der Waals surface area (Å²) < 4.78 is 3.60. The lowest BCUT2D eigenvalue weighted by atomic mass is 9.94. The summed E-state index contributed by atoms with van der Waals surface area (Å²) in [6, 6.07) is 13.5. The molecule has 0 spiro atoms. The van der Waals surface area contributed by atoms with Gasteiger partial charge in [-0.05, 0) is 44.0 Å². The molecule has 164 valence electrons. The first kappa shape index (κ1) is 20.5. The third-order valence-electron chi connectivity index (χ3n) is 6.19. The van der Waals surface area contributed by atoms with Crippen molar-refractivity contribution in [3.63, 3.8) is 0 Å². The van der Waals surface area contributed by atoms with Gasteiger partial charge in [0.15, 0.2) is 0 Å². The molecule has 0 unspecified atom stereocenters. The molecule has 1 fully saturated rings. The van der Waals surface area contributed by atoms with E-state index >= 15 is 0 Å². The van der Waals surface area contributed by atoms with E-state index in [-0.39, 0.29) is 22.9 Å². The van der Waals surface area contributed by atoms with Crippen LogP contribution >= 0.6 is 11.3 Å². The van der Waals surface area contributed by atoms with Gasteiger partial charge < -0.3 is 14.8 Å². The van der Waals surface area contributed by atoms with E-state index in [1.807, 2.05) is 54.4 Å². The minimum Gasteiger partial charge on any atom is -0.338 e. The van der Waals surface area contributed by atoms with Crippen molar-refractivity contribution in [2.45, 2.75) is 25.7 Å². The van der Waals surface area contributed by atoms with Crippen molar-refractivity contribution in [2.75, 3.05) is 18.4 Å². The van der Waals surface area contributed by atoms with E-state index in [4.69, 9.17) is 4.98 Å². The molecule has 8 heteroatoms. The van der Waals surface area contributed by atoms with Gasteiger partial charge in [0.1, 0.15) is 10.4 Å². The molecule has 3 aromatic heterocycles. The normalized spacial score (nSPS) is 16.4. The molecule has 1 atom stereocenters. The smallest absolute Gasteiger partial charge is 0.263 e. The standard InChI is InChI=1S/C24H25N5O2S/c1-16-10-11-19(21(30)27(16)2)22(31)28-12-6-7-17(15-28)20-23-29(13-14-32-23)24(26-20)25-18-8-4-3-5-9-18/h3-5,8-11,13-14,17H,6-7,12,15H2,1-2H3,(H,25,26)/t17-/m0/s1. The van der Waals surface area contributed by atoms with Gasteiger partial charge in [0.25, 0.3) is 11.5 Å². The number of imidazole rings is 1. The molecule has 7 nitrogen and oxygen atoms in total. The van der Waals surface area contributed by atoms with Crippen LogP contribution < -0.4 is 10.9 Å². The molecule has 0 aliphatic carbocycles. The van der Waals surface area contributed by atoms with Gasteiger partial charge >= 0.3 is 0 Å². The number of carbonyl (C=O) groups excluding carboxylic acids is 1. The van der Waals surface area contributed by atoms with Crippen LogP contribution in [0.1, 0.15) is 40.5 Å². The quantitative estimate of drug-likeness (QED) is 0.510. The predicted molar refractivity (Wildman–Crippen MR) is 127 cm³/mol. The highest BCUT2D eigenvalue weighted by Gasteiger charge is 2.30. The van der Waals surface area contributed by atoms with Crippen molar-refractivity contribution >= 4 is 33.7 Å². The summed E-state index contributed by atoms with van der Waals surface area (Å²) in [5.41, 5.74) is 2.81. The number of carbonyl (C=O) groups is 1. The van der Waals surface area contributed by atoms with E-state index in [0.717, 1.165) is 40.7 Å². The lowest BCUT2D eigenvalue weighted by Gasteiger charge is -2.32. The number of amides is 1. The molecule has 1 N–H and O–H groups in total. The van der Waals surface area contributed by atoms with Crippen molar-refractivity contribution < 1.29 is 4.79 Å². The number of aryl methyl sites for hydroxylation is 1. The third kappa shape index (κ3) is 3.60. The maximum absolute atomic E-state index is 13.2. The van der Waals surface area contributed by atoms with Crippen LogP contribution in [-0.4, -0.2) is 37.8 Å². The van der Waals surface area contributed by atoms with E-state index in [1.54, 1.807) is 24.5 Å². The van der Waals surface area contributed by atoms with Crippen molar-refractivity contribution in [2.24, 2.45) is 7.05 Å². The zero-order chi connectivity index (χ0) is 22.2. The summed E-state index contributed by atoms with van der Waals surface area (Å²) in [4.78, 5) is 33.7. The first-order valence-electron chi connectivity index (χ1n) is 10.8. The molecule has 4 heterocycles. The number of anilines is 2. The van der Waals surface area contributed by atoms with E-state index in [1.165, 1.54) is 4.57 Å². The van der Waals surface area contributed by atoms with Crippen LogP contribution in [0.15, 0.2) is 58.8 Å². The SMILES string of the molecule is Cc1ccc(C(=O)N2CCC[C@H](c3nc(Nc4ccccc4)n4ccsc34)C2)c(=O)n1C. The highest BCUT2D eigenvalue weighted by atomic mass is 32.1. The fourth-order valence-electron chi connectivity index (χ4n) is 4.30. The van der Waals surface area contributed by atoms with E-state index in [9.17, 15) is 9.59 Å². The average molecular weight is 448 g/mol. The third-order valence-corrected chi connectivity index (χ3v) is 7.08. The molecule has 5 rings (SSSR count). The Morgan fingerprint density at radius 2 is 2.00 bits per heavy atom. The number of benzene rings is 1. The highest BCUT2D eigenvalue weighted by molar-refractivity contribution is 7.15. The van der Waals surface area contributed by atoms with Crippen LogP contribution in [0.25, 0.3) is 4.83 Å². The summed E-state index contributed by atoms with van der Waals surface area (Å²) in [6.45, 7) is 3.08. The number of rotatable bonds is 4. The van der Waals surface area contributed by atoms with Crippen molar-refractivity contribution in [1.29, 1.82) is 0 Å². The Kier molecular flexibility index (Phi) is 5.30. The summed E-state index contributed by atoms with van der Waals surface area (Å²) >= 11 is 1.65. The number of para-hydroxylation sites is 1. The molecule has 1 aliphatic heterocycles. The van der Waals surface area contributed by atoms with Crippen molar-refractivity contribution in [1.82, 2.24) is 18.9 Å². The number of thiazole rings is 1. The Morgan fingerprint density at radius 3 is 2.81 bits per heavy atom. The monoisotopic (exact) mass is 447 g/mol. The zero-order valence-electron chi connectivity index (χ0n) is 18.1. The molecule has 1 saturated heterocycles. The Bertz CT molecular complexity index is 1340. The van der Waals surface area contributed by atoms with Crippen LogP contribution in [-0.2, 0) is 7.05 Å². The minimum absolute atomic E-state index is 0.127. The number of nitrogens with one attached hydrogen (secondary N) is 1. The predicted octanol–water partition coefficient (Wildman–Crippen LogP) is 4.17. The van der Waals surface area contributed by atoms with E-state index in [0.29, 0.717) is 13.1 Å². The van der Waals surface area contributed by atoms with Gasteiger partial charge in [0.2, 0.25) is 5.95 Å². The summed E-state index contributed by atoms with van der Waals surface area (Å²) in [5.74, 6) is 0.708. The molecular weight excluding hydrogens is 422 g/mol. The zero-order valence-corrected chi connectivity index (χ0v) is 18.9. The van der Waals surface area contributed by atoms with Crippen LogP contribution in [0.4, 0.5) is 11.6 Å². The molecular formula is C24H25N5O2S. The van der Waals surface area contributed by atoms with Gasteiger partial charge in [-0.25, -0.2) is 4.98 Å². The molecule has 0 bridgehead atoms. The van der Waals surface area contributed by atoms with Gasteiger partial charge in [-0.3, -0.25) is 14.0 Å². The largest absolute Gasteiger partial charge is 0.338 e. The number of pyridine rings is 1. The first-order valence-corrected chi connectivity index (χ1v) is 11.6. The Hall–Kier alpha value is -3.39. The molecule has 0 radical (unpaired) electrons. The maximum Gasteiger partial charge on any atom is 0.263 e. The topological polar surface area (TPSA) is 71.6 Å². The Balaban J connectivity index is 1.43. The molecule has 1 aromatic carbocycles. The fourth-order valence-corrected chi connectivity index (χ4v) is 5.20. The van der Waals surface area contributed by atoms with Gasteiger partial charge in [-0.1, -0.05) is 18.2 Å². The Labute approximate surface area is 189 Å². The fraction of sp³-hybridized carbons (Fsp3) is 0.292. The molecule has 4 aromatic rings. The van der Waals surface area contributed by atoms with Crippen LogP contribution in [0.2, 0.25) is 0 Å². The molecule has 0 saturated carbocycles. The van der Waals surface area contributed by atoms with Gasteiger partial charge in [0.05, 0.1) is 5.69 Å². The van der Waals surface area contributed by atoms with Gasteiger partial charge in [0, 0.05) is 49.0 Å². The van der Waals surface area contributed by atoms with Crippen LogP contribution in [0.3, 0.4) is 0 Å². The molecule has 1 aliphatic rings. The average Bonchev–Trinajstić information content (AvgIpc) is 3.42. The second-order valence-corrected chi connectivity index (χ2v) is 9.13. The van der Waals surface area contributed by atoms with Crippen LogP contribution in [0.5, 0.6) is 0 Å². The van der Waals surface area contributed by atoms with Crippen molar-refractivity contribution in [3.8, 4) is 0 Å². The van der Waals surface area contributed by atoms with Crippen molar-refractivity contribution in [3.05, 3.63) is 81.3 Å². The molecule has 32 heavy (non-hydrogen) atoms. The first-order chi connectivity index (χ1) is 15.5. The lowest BCUT2D eigenvalue weighted by molar-refractivity contribution is 0.0704. The van der Waals surface area contributed by atoms with E-state index in [2.05, 4.69) is 15.1 Å². The summed E-state index contributed by atoms with van der Waals surface area (Å²) in [5, 5.41) is 5.46. The maximum atomic E-state index is 13.2. The number of hydrogen-bond donors (Lipinski definition) is 1. The second kappa shape index (κ2) is 8.27. The summed E-state index contributed by atoms with van der Waals surface area (Å²) in [6.07, 6.45) is 3.86. The minimum atomic E-state index is -0.242. The van der Waals surface area contributed by atoms with Crippen LogP contribution in [0, 0.1) is 6.92 Å². The number of hydrogen-bond acceptors (Lipinski definition) is 5. The highest BCUT2D eigenvalue weighted by Crippen LogP contribution is 2.34. The lowest BCUT2D eigenvalue weighted by Crippen LogP contribution is -2.42. The number of aromatic nitrogens is 3. The summed E-state index contributed by atoms with van der Waals surface area (Å²) in [7, 11) is 1.70. The Morgan fingerprint density at radius 1 is 1.19 bits per heavy atom. The number of nitrogens with zero attached hydrogens (tertiary/aromatic N) is 4.